The molecule has 2 aromatic rings. The lowest BCUT2D eigenvalue weighted by Gasteiger charge is -2.15. The molecule has 0 aliphatic heterocycles. The minimum absolute atomic E-state index is 0.127. The van der Waals surface area contributed by atoms with Gasteiger partial charge in [-0.05, 0) is 24.6 Å². The van der Waals surface area contributed by atoms with E-state index in [-0.39, 0.29) is 11.9 Å². The van der Waals surface area contributed by atoms with Gasteiger partial charge in [-0.15, -0.1) is 11.3 Å². The van der Waals surface area contributed by atoms with E-state index in [2.05, 4.69) is 21.2 Å². The van der Waals surface area contributed by atoms with Gasteiger partial charge in [0.15, 0.2) is 0 Å². The predicted octanol–water partition coefficient (Wildman–Crippen LogP) is 5.31. The average molecular weight is 379 g/mol. The Bertz CT molecular complexity index is 614. The molecule has 0 saturated heterocycles. The highest BCUT2D eigenvalue weighted by Gasteiger charge is 2.17. The molecule has 19 heavy (non-hydrogen) atoms. The summed E-state index contributed by atoms with van der Waals surface area (Å²) in [5, 5.41) is 2.90. The summed E-state index contributed by atoms with van der Waals surface area (Å²) >= 11 is 16.4. The molecular weight excluding hydrogens is 369 g/mol. The fraction of sp³-hybridized carbons (Fsp3) is 0.154. The van der Waals surface area contributed by atoms with Gasteiger partial charge in [0.1, 0.15) is 4.34 Å². The summed E-state index contributed by atoms with van der Waals surface area (Å²) in [6.45, 7) is 1.92. The van der Waals surface area contributed by atoms with E-state index in [0.29, 0.717) is 14.2 Å². The molecule has 1 N–H and O–H groups in total. The molecule has 2 nitrogen and oxygen atoms in total. The molecular formula is C13H10BrCl2NOS. The second-order valence-corrected chi connectivity index (χ2v) is 7.09. The zero-order valence-corrected chi connectivity index (χ0v) is 13.8. The molecule has 0 saturated carbocycles. The van der Waals surface area contributed by atoms with Crippen molar-refractivity contribution >= 4 is 56.4 Å². The van der Waals surface area contributed by atoms with Crippen LogP contribution >= 0.6 is 50.5 Å². The van der Waals surface area contributed by atoms with E-state index in [1.54, 1.807) is 6.07 Å². The molecule has 6 heteroatoms. The van der Waals surface area contributed by atoms with Crippen molar-refractivity contribution in [1.82, 2.24) is 5.32 Å². The number of carbonyl (C=O) groups excluding carboxylic acids is 1. The number of rotatable bonds is 3. The van der Waals surface area contributed by atoms with Crippen LogP contribution in [0.5, 0.6) is 0 Å². The minimum atomic E-state index is -0.226. The first kappa shape index (κ1) is 14.9. The highest BCUT2D eigenvalue weighted by Crippen LogP contribution is 2.31. The zero-order valence-electron chi connectivity index (χ0n) is 9.91. The van der Waals surface area contributed by atoms with Crippen molar-refractivity contribution < 1.29 is 4.79 Å². The average Bonchev–Trinajstić information content (AvgIpc) is 2.69. The number of hydrogen-bond acceptors (Lipinski definition) is 2. The number of halogens is 3. The molecule has 100 valence electrons. The standard InChI is InChI=1S/C13H10BrCl2NOS/c1-7(8-4-2-3-5-10(8)14)17-13(18)9-6-11(15)19-12(9)16/h2-7H,1H3,(H,17,18). The molecule has 0 aliphatic rings. The Labute approximate surface area is 133 Å². The molecule has 0 fully saturated rings. The molecule has 0 aliphatic carbocycles. The third-order valence-electron chi connectivity index (χ3n) is 2.62. The summed E-state index contributed by atoms with van der Waals surface area (Å²) in [6.07, 6.45) is 0. The molecule has 0 bridgehead atoms. The Morgan fingerprint density at radius 3 is 2.63 bits per heavy atom. The van der Waals surface area contributed by atoms with Crippen molar-refractivity contribution in [2.75, 3.05) is 0 Å². The van der Waals surface area contributed by atoms with Crippen LogP contribution in [0.25, 0.3) is 0 Å². The van der Waals surface area contributed by atoms with Gasteiger partial charge < -0.3 is 5.32 Å². The van der Waals surface area contributed by atoms with Gasteiger partial charge in [-0.3, -0.25) is 4.79 Å². The summed E-state index contributed by atoms with van der Waals surface area (Å²) in [4.78, 5) is 12.1. The number of nitrogens with one attached hydrogen (secondary N) is 1. The molecule has 1 heterocycles. The Kier molecular flexibility index (Phi) is 4.90. The van der Waals surface area contributed by atoms with E-state index in [9.17, 15) is 4.79 Å². The van der Waals surface area contributed by atoms with E-state index < -0.39 is 0 Å². The Balaban J connectivity index is 2.15. The molecule has 1 aromatic heterocycles. The van der Waals surface area contributed by atoms with Crippen molar-refractivity contribution in [3.8, 4) is 0 Å². The van der Waals surface area contributed by atoms with Gasteiger partial charge >= 0.3 is 0 Å². The first-order valence-electron chi connectivity index (χ1n) is 5.49. The van der Waals surface area contributed by atoms with Gasteiger partial charge in [-0.2, -0.15) is 0 Å². The van der Waals surface area contributed by atoms with Crippen LogP contribution < -0.4 is 5.32 Å². The highest BCUT2D eigenvalue weighted by atomic mass is 79.9. The molecule has 2 rings (SSSR count). The lowest BCUT2D eigenvalue weighted by molar-refractivity contribution is 0.0940. The van der Waals surface area contributed by atoms with E-state index in [1.807, 2.05) is 31.2 Å². The second-order valence-electron chi connectivity index (χ2n) is 3.95. The van der Waals surface area contributed by atoms with Crippen LogP contribution in [-0.2, 0) is 0 Å². The summed E-state index contributed by atoms with van der Waals surface area (Å²) in [7, 11) is 0. The molecule has 1 atom stereocenters. The number of amides is 1. The predicted molar refractivity (Wildman–Crippen MR) is 84.4 cm³/mol. The van der Waals surface area contributed by atoms with Crippen LogP contribution in [-0.4, -0.2) is 5.91 Å². The maximum Gasteiger partial charge on any atom is 0.254 e. The summed E-state index contributed by atoms with van der Waals surface area (Å²) in [6, 6.07) is 9.20. The SMILES string of the molecule is CC(NC(=O)c1cc(Cl)sc1Cl)c1ccccc1Br. The number of benzene rings is 1. The van der Waals surface area contributed by atoms with E-state index in [4.69, 9.17) is 23.2 Å². The van der Waals surface area contributed by atoms with Gasteiger partial charge in [-0.1, -0.05) is 57.3 Å². The fourth-order valence-electron chi connectivity index (χ4n) is 1.67. The van der Waals surface area contributed by atoms with Crippen LogP contribution in [0.2, 0.25) is 8.67 Å². The smallest absolute Gasteiger partial charge is 0.254 e. The van der Waals surface area contributed by atoms with E-state index >= 15 is 0 Å². The minimum Gasteiger partial charge on any atom is -0.345 e. The van der Waals surface area contributed by atoms with Gasteiger partial charge in [0, 0.05) is 4.47 Å². The number of thiophene rings is 1. The van der Waals surface area contributed by atoms with Crippen LogP contribution in [0.15, 0.2) is 34.8 Å². The first-order chi connectivity index (χ1) is 8.99. The number of carbonyl (C=O) groups is 1. The molecule has 1 amide bonds. The third-order valence-corrected chi connectivity index (χ3v) is 4.83. The molecule has 1 unspecified atom stereocenters. The van der Waals surface area contributed by atoms with Gasteiger partial charge in [0.25, 0.3) is 5.91 Å². The largest absolute Gasteiger partial charge is 0.345 e. The van der Waals surface area contributed by atoms with Crippen molar-refractivity contribution in [3.05, 3.63) is 54.6 Å². The fourth-order valence-corrected chi connectivity index (χ4v) is 3.76. The topological polar surface area (TPSA) is 29.1 Å². The molecule has 0 radical (unpaired) electrons. The Hall–Kier alpha value is -0.550. The van der Waals surface area contributed by atoms with E-state index in [0.717, 1.165) is 10.0 Å². The van der Waals surface area contributed by atoms with Crippen LogP contribution in [0.4, 0.5) is 0 Å². The van der Waals surface area contributed by atoms with Crippen molar-refractivity contribution in [1.29, 1.82) is 0 Å². The van der Waals surface area contributed by atoms with Crippen LogP contribution in [0, 0.1) is 0 Å². The lowest BCUT2D eigenvalue weighted by atomic mass is 10.1. The number of hydrogen-bond donors (Lipinski definition) is 1. The quantitative estimate of drug-likeness (QED) is 0.770. The first-order valence-corrected chi connectivity index (χ1v) is 7.85. The van der Waals surface area contributed by atoms with Gasteiger partial charge in [0.2, 0.25) is 0 Å². The van der Waals surface area contributed by atoms with E-state index in [1.165, 1.54) is 11.3 Å². The summed E-state index contributed by atoms with van der Waals surface area (Å²) < 4.78 is 1.86. The van der Waals surface area contributed by atoms with Crippen LogP contribution in [0.3, 0.4) is 0 Å². The monoisotopic (exact) mass is 377 g/mol. The Morgan fingerprint density at radius 2 is 2.05 bits per heavy atom. The van der Waals surface area contributed by atoms with Gasteiger partial charge in [-0.25, -0.2) is 0 Å². The van der Waals surface area contributed by atoms with Crippen molar-refractivity contribution in [2.45, 2.75) is 13.0 Å². The molecule has 0 spiro atoms. The summed E-state index contributed by atoms with van der Waals surface area (Å²) in [5.41, 5.74) is 1.42. The van der Waals surface area contributed by atoms with Crippen molar-refractivity contribution in [2.24, 2.45) is 0 Å². The van der Waals surface area contributed by atoms with Gasteiger partial charge in [0.05, 0.1) is 15.9 Å². The zero-order chi connectivity index (χ0) is 14.0. The molecule has 1 aromatic carbocycles. The third kappa shape index (κ3) is 3.51. The maximum atomic E-state index is 12.1. The summed E-state index contributed by atoms with van der Waals surface area (Å²) in [5.74, 6) is -0.226. The highest BCUT2D eigenvalue weighted by molar-refractivity contribution is 9.10. The second kappa shape index (κ2) is 6.27. The lowest BCUT2D eigenvalue weighted by Crippen LogP contribution is -2.26. The Morgan fingerprint density at radius 1 is 1.37 bits per heavy atom. The van der Waals surface area contributed by atoms with Crippen molar-refractivity contribution in [3.63, 3.8) is 0 Å². The maximum absolute atomic E-state index is 12.1. The van der Waals surface area contributed by atoms with Crippen LogP contribution in [0.1, 0.15) is 28.9 Å². The normalized spacial score (nSPS) is 12.2.